The summed E-state index contributed by atoms with van der Waals surface area (Å²) in [6.45, 7) is 0. The Morgan fingerprint density at radius 1 is 0.963 bits per heavy atom. The highest BCUT2D eigenvalue weighted by atomic mass is 16.2. The van der Waals surface area contributed by atoms with Crippen molar-refractivity contribution in [1.29, 1.82) is 0 Å². The zero-order chi connectivity index (χ0) is 18.5. The number of aromatic nitrogens is 3. The van der Waals surface area contributed by atoms with Gasteiger partial charge >= 0.3 is 0 Å². The molecule has 0 spiro atoms. The molecule has 0 radical (unpaired) electrons. The summed E-state index contributed by atoms with van der Waals surface area (Å²) in [5.74, 6) is -1.10. The first-order valence-corrected chi connectivity index (χ1v) is 8.97. The maximum Gasteiger partial charge on any atom is 0.260 e. The number of nitrogens with one attached hydrogen (secondary N) is 1. The van der Waals surface area contributed by atoms with Crippen molar-refractivity contribution in [1.82, 2.24) is 14.8 Å². The van der Waals surface area contributed by atoms with Crippen LogP contribution in [-0.2, 0) is 14.4 Å². The van der Waals surface area contributed by atoms with Gasteiger partial charge in [-0.25, -0.2) is 9.58 Å². The van der Waals surface area contributed by atoms with Crippen molar-refractivity contribution in [2.75, 3.05) is 10.2 Å². The molecule has 0 bridgehead atoms. The largest absolute Gasteiger partial charge is 0.295 e. The number of nitrogens with zero attached hydrogens (tertiary/aromatic N) is 4. The number of hydrogen-bond acceptors (Lipinski definition) is 5. The van der Waals surface area contributed by atoms with Crippen LogP contribution in [-0.4, -0.2) is 32.5 Å². The summed E-state index contributed by atoms with van der Waals surface area (Å²) >= 11 is 0. The lowest BCUT2D eigenvalue weighted by Gasteiger charge is -2.23. The van der Waals surface area contributed by atoms with E-state index >= 15 is 0 Å². The molecular weight excluding hydrogens is 346 g/mol. The van der Waals surface area contributed by atoms with Gasteiger partial charge in [0.1, 0.15) is 0 Å². The summed E-state index contributed by atoms with van der Waals surface area (Å²) in [4.78, 5) is 43.1. The van der Waals surface area contributed by atoms with E-state index < -0.39 is 0 Å². The topological polar surface area (TPSA) is 97.2 Å². The molecule has 1 aromatic heterocycles. The number of fused-ring (bicyclic) bond motifs is 2. The van der Waals surface area contributed by atoms with Crippen LogP contribution in [0.2, 0.25) is 0 Å². The third kappa shape index (κ3) is 2.40. The van der Waals surface area contributed by atoms with Gasteiger partial charge in [0.05, 0.1) is 24.3 Å². The summed E-state index contributed by atoms with van der Waals surface area (Å²) in [6.07, 6.45) is 5.21. The van der Waals surface area contributed by atoms with E-state index in [1.54, 1.807) is 4.68 Å². The minimum absolute atomic E-state index is 0.0394. The van der Waals surface area contributed by atoms with Gasteiger partial charge < -0.3 is 0 Å². The molecule has 1 N–H and O–H groups in total. The molecule has 27 heavy (non-hydrogen) atoms. The molecule has 136 valence electrons. The van der Waals surface area contributed by atoms with Gasteiger partial charge in [-0.05, 0) is 18.4 Å². The second kappa shape index (κ2) is 5.87. The molecule has 1 aromatic carbocycles. The van der Waals surface area contributed by atoms with E-state index in [1.807, 2.05) is 42.5 Å². The SMILES string of the molecule is O=C1CC(c2ccccc2)n2nc(N3C(=O)C4CC=CCC4C3=O)nc2N1. The van der Waals surface area contributed by atoms with E-state index in [1.165, 1.54) is 0 Å². The lowest BCUT2D eigenvalue weighted by Crippen LogP contribution is -2.32. The van der Waals surface area contributed by atoms with Crippen molar-refractivity contribution in [3.05, 3.63) is 48.0 Å². The standard InChI is InChI=1S/C19H17N5O3/c25-15-10-14(11-6-2-1-3-7-11)24-18(20-15)21-19(22-24)23-16(26)12-8-4-5-9-13(12)17(23)27/h1-7,12-14H,8-10H2,(H,20,21,22,25). The molecule has 3 heterocycles. The number of allylic oxidation sites excluding steroid dienone is 2. The summed E-state index contributed by atoms with van der Waals surface area (Å²) in [7, 11) is 0. The number of imide groups is 1. The number of hydrogen-bond donors (Lipinski definition) is 1. The summed E-state index contributed by atoms with van der Waals surface area (Å²) in [5, 5.41) is 7.12. The Morgan fingerprint density at radius 2 is 1.63 bits per heavy atom. The Balaban J connectivity index is 1.54. The van der Waals surface area contributed by atoms with Gasteiger partial charge in [-0.1, -0.05) is 42.5 Å². The minimum atomic E-state index is -0.345. The Morgan fingerprint density at radius 3 is 2.30 bits per heavy atom. The maximum absolute atomic E-state index is 12.8. The molecule has 3 atom stereocenters. The molecular formula is C19H17N5O3. The Bertz CT molecular complexity index is 954. The van der Waals surface area contributed by atoms with Crippen molar-refractivity contribution in [2.24, 2.45) is 11.8 Å². The third-order valence-electron chi connectivity index (χ3n) is 5.44. The highest BCUT2D eigenvalue weighted by Crippen LogP contribution is 2.38. The number of rotatable bonds is 2. The molecule has 3 amide bonds. The maximum atomic E-state index is 12.8. The Kier molecular flexibility index (Phi) is 3.46. The highest BCUT2D eigenvalue weighted by molar-refractivity contribution is 6.21. The van der Waals surface area contributed by atoms with Crippen LogP contribution >= 0.6 is 0 Å². The summed E-state index contributed by atoms with van der Waals surface area (Å²) < 4.78 is 1.59. The number of carbonyl (C=O) groups excluding carboxylic acids is 3. The molecule has 8 heteroatoms. The number of amides is 3. The monoisotopic (exact) mass is 363 g/mol. The summed E-state index contributed by atoms with van der Waals surface area (Å²) in [6, 6.07) is 9.20. The number of carbonyl (C=O) groups is 3. The zero-order valence-electron chi connectivity index (χ0n) is 14.4. The smallest absolute Gasteiger partial charge is 0.260 e. The number of benzene rings is 1. The molecule has 2 aromatic rings. The fourth-order valence-electron chi connectivity index (χ4n) is 4.08. The van der Waals surface area contributed by atoms with Crippen LogP contribution in [0, 0.1) is 11.8 Å². The molecule has 0 saturated carbocycles. The fourth-order valence-corrected chi connectivity index (χ4v) is 4.08. The second-order valence-corrected chi connectivity index (χ2v) is 7.03. The van der Waals surface area contributed by atoms with Gasteiger partial charge in [0.15, 0.2) is 0 Å². The lowest BCUT2D eigenvalue weighted by atomic mass is 9.85. The van der Waals surface area contributed by atoms with E-state index in [0.29, 0.717) is 12.8 Å². The molecule has 2 aliphatic heterocycles. The average Bonchev–Trinajstić information content (AvgIpc) is 3.21. The van der Waals surface area contributed by atoms with E-state index in [4.69, 9.17) is 0 Å². The van der Waals surface area contributed by atoms with Gasteiger partial charge in [0.25, 0.3) is 5.95 Å². The first-order chi connectivity index (χ1) is 13.1. The van der Waals surface area contributed by atoms with Crippen molar-refractivity contribution in [2.45, 2.75) is 25.3 Å². The van der Waals surface area contributed by atoms with Crippen LogP contribution in [0.25, 0.3) is 0 Å². The van der Waals surface area contributed by atoms with Crippen LogP contribution in [0.5, 0.6) is 0 Å². The van der Waals surface area contributed by atoms with E-state index in [2.05, 4.69) is 15.4 Å². The predicted molar refractivity (Wildman–Crippen MR) is 95.7 cm³/mol. The molecule has 5 rings (SSSR count). The normalized spacial score (nSPS) is 26.7. The van der Waals surface area contributed by atoms with E-state index in [0.717, 1.165) is 10.5 Å². The van der Waals surface area contributed by atoms with E-state index in [9.17, 15) is 14.4 Å². The van der Waals surface area contributed by atoms with Crippen LogP contribution in [0.15, 0.2) is 42.5 Å². The van der Waals surface area contributed by atoms with Gasteiger partial charge in [0.2, 0.25) is 23.7 Å². The first-order valence-electron chi connectivity index (χ1n) is 8.97. The lowest BCUT2D eigenvalue weighted by molar-refractivity contribution is -0.122. The fraction of sp³-hybridized carbons (Fsp3) is 0.316. The minimum Gasteiger partial charge on any atom is -0.295 e. The van der Waals surface area contributed by atoms with Gasteiger partial charge in [-0.3, -0.25) is 19.7 Å². The second-order valence-electron chi connectivity index (χ2n) is 7.03. The third-order valence-corrected chi connectivity index (χ3v) is 5.44. The predicted octanol–water partition coefficient (Wildman–Crippen LogP) is 1.67. The zero-order valence-corrected chi connectivity index (χ0v) is 14.4. The summed E-state index contributed by atoms with van der Waals surface area (Å²) in [5.41, 5.74) is 0.919. The molecule has 1 aliphatic carbocycles. The van der Waals surface area contributed by atoms with Gasteiger partial charge in [-0.15, -0.1) is 5.10 Å². The first kappa shape index (κ1) is 15.9. The highest BCUT2D eigenvalue weighted by Gasteiger charge is 2.49. The van der Waals surface area contributed by atoms with Crippen molar-refractivity contribution in [3.8, 4) is 0 Å². The van der Waals surface area contributed by atoms with Gasteiger partial charge in [-0.2, -0.15) is 4.98 Å². The Labute approximate surface area is 154 Å². The average molecular weight is 363 g/mol. The van der Waals surface area contributed by atoms with Gasteiger partial charge in [0, 0.05) is 0 Å². The van der Waals surface area contributed by atoms with Crippen molar-refractivity contribution >= 4 is 29.6 Å². The molecule has 1 fully saturated rings. The van der Waals surface area contributed by atoms with E-state index in [-0.39, 0.29) is 53.9 Å². The Hall–Kier alpha value is -3.29. The van der Waals surface area contributed by atoms with Crippen LogP contribution in [0.3, 0.4) is 0 Å². The van der Waals surface area contributed by atoms with Crippen molar-refractivity contribution < 1.29 is 14.4 Å². The van der Waals surface area contributed by atoms with Crippen LogP contribution in [0.4, 0.5) is 11.9 Å². The van der Waals surface area contributed by atoms with Crippen LogP contribution in [0.1, 0.15) is 30.9 Å². The number of anilines is 2. The van der Waals surface area contributed by atoms with Crippen molar-refractivity contribution in [3.63, 3.8) is 0 Å². The quantitative estimate of drug-likeness (QED) is 0.647. The molecule has 1 saturated heterocycles. The van der Waals surface area contributed by atoms with Crippen LogP contribution < -0.4 is 10.2 Å². The molecule has 3 unspecified atom stereocenters. The molecule has 8 nitrogen and oxygen atoms in total. The molecule has 3 aliphatic rings.